The molecule has 1 N–H and O–H groups in total. The fourth-order valence-corrected chi connectivity index (χ4v) is 7.31. The molecular formula is C31H38N6O6SSi. The molecule has 0 fully saturated rings. The Labute approximate surface area is 264 Å². The van der Waals surface area contributed by atoms with Crippen LogP contribution < -0.4 is 18.5 Å². The second-order valence-electron chi connectivity index (χ2n) is 11.5. The first-order chi connectivity index (χ1) is 21.4. The molecule has 0 saturated carbocycles. The summed E-state index contributed by atoms with van der Waals surface area (Å²) in [6.07, 6.45) is -1.39. The molecule has 12 nitrogen and oxygen atoms in total. The van der Waals surface area contributed by atoms with Crippen LogP contribution in [0.5, 0.6) is 17.4 Å². The van der Waals surface area contributed by atoms with Crippen LogP contribution >= 0.6 is 0 Å². The van der Waals surface area contributed by atoms with Gasteiger partial charge in [0.2, 0.25) is 21.9 Å². The Morgan fingerprint density at radius 1 is 0.956 bits per heavy atom. The largest absolute Gasteiger partial charge is 0.494 e. The summed E-state index contributed by atoms with van der Waals surface area (Å²) in [6, 6.07) is 19.2. The van der Waals surface area contributed by atoms with Gasteiger partial charge in [-0.2, -0.15) is 5.26 Å². The number of nitrogens with zero attached hydrogens (tertiary/aromatic N) is 6. The topological polar surface area (TPSA) is 153 Å². The SMILES string of the molecule is COc1cccc(-c2nnc(N(CC[Si](C)(C)C)S(=O)(=O)[C@@H](C)[C@H](O)c3ccc(C#N)cc3)n2-c2c(OC)cccc2OC)n1. The zero-order valence-corrected chi connectivity index (χ0v) is 28.2. The highest BCUT2D eigenvalue weighted by atomic mass is 32.2. The van der Waals surface area contributed by atoms with Crippen molar-refractivity contribution in [2.24, 2.45) is 0 Å². The van der Waals surface area contributed by atoms with Crippen LogP contribution in [0.25, 0.3) is 17.2 Å². The summed E-state index contributed by atoms with van der Waals surface area (Å²) in [5, 5.41) is 28.1. The normalized spacial score (nSPS) is 13.0. The minimum absolute atomic E-state index is 0.0189. The van der Waals surface area contributed by atoms with Crippen molar-refractivity contribution in [1.29, 1.82) is 5.26 Å². The van der Waals surface area contributed by atoms with E-state index >= 15 is 0 Å². The number of aromatic nitrogens is 4. The van der Waals surface area contributed by atoms with Crippen LogP contribution in [0.4, 0.5) is 5.95 Å². The van der Waals surface area contributed by atoms with Gasteiger partial charge in [-0.15, -0.1) is 10.2 Å². The number of rotatable bonds is 13. The fraction of sp³-hybridized carbons (Fsp3) is 0.355. The molecule has 0 saturated heterocycles. The van der Waals surface area contributed by atoms with E-state index in [-0.39, 0.29) is 18.3 Å². The van der Waals surface area contributed by atoms with Gasteiger partial charge in [0.15, 0.2) is 5.82 Å². The van der Waals surface area contributed by atoms with E-state index in [4.69, 9.17) is 14.2 Å². The van der Waals surface area contributed by atoms with Gasteiger partial charge in [-0.1, -0.05) is 43.9 Å². The maximum absolute atomic E-state index is 14.6. The predicted octanol–water partition coefficient (Wildman–Crippen LogP) is 4.82. The maximum Gasteiger partial charge on any atom is 0.246 e. The summed E-state index contributed by atoms with van der Waals surface area (Å²) in [5.41, 5.74) is 1.50. The van der Waals surface area contributed by atoms with Crippen molar-refractivity contribution in [2.45, 2.75) is 44.0 Å². The molecule has 0 unspecified atom stereocenters. The molecule has 238 valence electrons. The van der Waals surface area contributed by atoms with Crippen LogP contribution in [-0.2, 0) is 10.0 Å². The number of methoxy groups -OCH3 is 3. The number of hydrogen-bond acceptors (Lipinski definition) is 10. The lowest BCUT2D eigenvalue weighted by Crippen LogP contribution is -2.44. The first kappa shape index (κ1) is 33.4. The first-order valence-corrected chi connectivity index (χ1v) is 19.4. The zero-order chi connectivity index (χ0) is 32.9. The molecule has 2 aromatic carbocycles. The average molecular weight is 651 g/mol. The number of hydrogen-bond donors (Lipinski definition) is 1. The summed E-state index contributed by atoms with van der Waals surface area (Å²) in [5.74, 6) is 1.30. The summed E-state index contributed by atoms with van der Waals surface area (Å²) in [7, 11) is -1.61. The molecule has 14 heteroatoms. The van der Waals surface area contributed by atoms with Crippen molar-refractivity contribution in [1.82, 2.24) is 19.7 Å². The average Bonchev–Trinajstić information content (AvgIpc) is 3.47. The van der Waals surface area contributed by atoms with Crippen molar-refractivity contribution in [2.75, 3.05) is 32.2 Å². The van der Waals surface area contributed by atoms with Gasteiger partial charge in [-0.3, -0.25) is 4.57 Å². The Morgan fingerprint density at radius 2 is 1.58 bits per heavy atom. The monoisotopic (exact) mass is 650 g/mol. The molecule has 4 rings (SSSR count). The third kappa shape index (κ3) is 7.11. The van der Waals surface area contributed by atoms with E-state index < -0.39 is 29.5 Å². The summed E-state index contributed by atoms with van der Waals surface area (Å²) in [6.45, 7) is 7.98. The number of aliphatic hydroxyl groups excluding tert-OH is 1. The molecular weight excluding hydrogens is 613 g/mol. The van der Waals surface area contributed by atoms with Gasteiger partial charge in [-0.25, -0.2) is 17.7 Å². The molecule has 2 aromatic heterocycles. The number of pyridine rings is 1. The van der Waals surface area contributed by atoms with E-state index in [0.717, 1.165) is 0 Å². The highest BCUT2D eigenvalue weighted by Gasteiger charge is 2.39. The number of anilines is 1. The summed E-state index contributed by atoms with van der Waals surface area (Å²) < 4.78 is 48.7. The number of nitriles is 1. The van der Waals surface area contributed by atoms with E-state index in [1.807, 2.05) is 6.07 Å². The highest BCUT2D eigenvalue weighted by Crippen LogP contribution is 2.40. The maximum atomic E-state index is 14.6. The Hall–Kier alpha value is -4.45. The van der Waals surface area contributed by atoms with E-state index in [1.165, 1.54) is 32.6 Å². The minimum Gasteiger partial charge on any atom is -0.494 e. The number of para-hydroxylation sites is 1. The van der Waals surface area contributed by atoms with Crippen molar-refractivity contribution < 1.29 is 27.7 Å². The molecule has 0 amide bonds. The second-order valence-corrected chi connectivity index (χ2v) is 19.4. The Kier molecular flexibility index (Phi) is 10.2. The van der Waals surface area contributed by atoms with Crippen LogP contribution in [0.2, 0.25) is 25.7 Å². The predicted molar refractivity (Wildman–Crippen MR) is 174 cm³/mol. The summed E-state index contributed by atoms with van der Waals surface area (Å²) in [4.78, 5) is 4.54. The first-order valence-electron chi connectivity index (χ1n) is 14.2. The number of sulfonamides is 1. The molecule has 2 atom stereocenters. The van der Waals surface area contributed by atoms with Gasteiger partial charge < -0.3 is 19.3 Å². The molecule has 0 aliphatic heterocycles. The lowest BCUT2D eigenvalue weighted by atomic mass is 10.1. The van der Waals surface area contributed by atoms with Gasteiger partial charge in [-0.05, 0) is 48.9 Å². The van der Waals surface area contributed by atoms with E-state index in [9.17, 15) is 18.8 Å². The van der Waals surface area contributed by atoms with E-state index in [0.29, 0.717) is 45.9 Å². The van der Waals surface area contributed by atoms with Crippen LogP contribution in [-0.4, -0.2) is 74.5 Å². The molecule has 0 aliphatic rings. The van der Waals surface area contributed by atoms with Crippen molar-refractivity contribution in [3.8, 4) is 40.7 Å². The van der Waals surface area contributed by atoms with Gasteiger partial charge in [0.05, 0.1) is 39.1 Å². The van der Waals surface area contributed by atoms with Gasteiger partial charge in [0, 0.05) is 20.7 Å². The molecule has 4 aromatic rings. The Balaban J connectivity index is 1.98. The smallest absolute Gasteiger partial charge is 0.246 e. The molecule has 0 radical (unpaired) electrons. The van der Waals surface area contributed by atoms with Gasteiger partial charge in [0.1, 0.15) is 28.1 Å². The Bertz CT molecular complexity index is 1760. The number of ether oxygens (including phenoxy) is 3. The quantitative estimate of drug-likeness (QED) is 0.199. The van der Waals surface area contributed by atoms with Crippen molar-refractivity contribution in [3.05, 3.63) is 71.8 Å². The van der Waals surface area contributed by atoms with Crippen LogP contribution in [0.15, 0.2) is 60.7 Å². The molecule has 0 spiro atoms. The summed E-state index contributed by atoms with van der Waals surface area (Å²) >= 11 is 0. The molecule has 2 heterocycles. The fourth-order valence-electron chi connectivity index (χ4n) is 4.68. The van der Waals surface area contributed by atoms with E-state index in [1.54, 1.807) is 65.2 Å². The minimum atomic E-state index is -4.30. The third-order valence-corrected chi connectivity index (χ3v) is 11.2. The standard InChI is InChI=1S/C31H38N6O6SSi/c1-21(29(38)23-16-14-22(20-32)15-17-23)44(39,40)36(18-19-45(5,6)7)31-35-34-30(24-10-8-13-27(33-24)43-4)37(31)28-25(41-2)11-9-12-26(28)42-3/h8-17,21,29,38H,18-19H2,1-7H3/t21-,29-/m0/s1. The molecule has 0 bridgehead atoms. The van der Waals surface area contributed by atoms with Crippen LogP contribution in [0.3, 0.4) is 0 Å². The zero-order valence-electron chi connectivity index (χ0n) is 26.4. The van der Waals surface area contributed by atoms with Crippen molar-refractivity contribution in [3.63, 3.8) is 0 Å². The van der Waals surface area contributed by atoms with Gasteiger partial charge >= 0.3 is 0 Å². The van der Waals surface area contributed by atoms with Gasteiger partial charge in [0.25, 0.3) is 0 Å². The lowest BCUT2D eigenvalue weighted by Gasteiger charge is -2.31. The molecule has 45 heavy (non-hydrogen) atoms. The van der Waals surface area contributed by atoms with Crippen LogP contribution in [0, 0.1) is 11.3 Å². The van der Waals surface area contributed by atoms with E-state index in [2.05, 4.69) is 34.8 Å². The molecule has 0 aliphatic carbocycles. The van der Waals surface area contributed by atoms with Crippen LogP contribution in [0.1, 0.15) is 24.2 Å². The Morgan fingerprint density at radius 3 is 2.13 bits per heavy atom. The second kappa shape index (κ2) is 13.7. The lowest BCUT2D eigenvalue weighted by molar-refractivity contribution is 0.176. The third-order valence-electron chi connectivity index (χ3n) is 7.32. The number of aliphatic hydroxyl groups is 1. The number of benzene rings is 2. The van der Waals surface area contributed by atoms with Crippen molar-refractivity contribution >= 4 is 24.0 Å². The highest BCUT2D eigenvalue weighted by molar-refractivity contribution is 7.93.